The highest BCUT2D eigenvalue weighted by molar-refractivity contribution is 5.92. The second kappa shape index (κ2) is 5.08. The summed E-state index contributed by atoms with van der Waals surface area (Å²) in [5, 5.41) is 0. The van der Waals surface area contributed by atoms with Crippen LogP contribution in [0.15, 0.2) is 35.5 Å². The third-order valence-corrected chi connectivity index (χ3v) is 5.79. The van der Waals surface area contributed by atoms with Gasteiger partial charge < -0.3 is 0 Å². The lowest BCUT2D eigenvalue weighted by Crippen LogP contribution is -2.26. The lowest BCUT2D eigenvalue weighted by atomic mass is 9.70. The summed E-state index contributed by atoms with van der Waals surface area (Å²) >= 11 is 0. The normalized spacial score (nSPS) is 38.7. The molecule has 4 rings (SSSR count). The summed E-state index contributed by atoms with van der Waals surface area (Å²) in [5.74, 6) is 2.76. The zero-order chi connectivity index (χ0) is 14.4. The van der Waals surface area contributed by atoms with E-state index in [1.165, 1.54) is 17.6 Å². The van der Waals surface area contributed by atoms with Crippen LogP contribution in [0.1, 0.15) is 44.9 Å². The zero-order valence-electron chi connectivity index (χ0n) is 12.4. The summed E-state index contributed by atoms with van der Waals surface area (Å²) in [6, 6.07) is 0. The predicted octanol–water partition coefficient (Wildman–Crippen LogP) is 3.78. The van der Waals surface area contributed by atoms with Crippen LogP contribution in [0.4, 0.5) is 0 Å². The molecule has 4 atom stereocenters. The van der Waals surface area contributed by atoms with E-state index in [2.05, 4.69) is 12.2 Å². The number of fused-ring (bicyclic) bond motifs is 2. The summed E-state index contributed by atoms with van der Waals surface area (Å²) in [6.45, 7) is 0. The average Bonchev–Trinajstić information content (AvgIpc) is 3.08. The van der Waals surface area contributed by atoms with Gasteiger partial charge in [-0.25, -0.2) is 0 Å². The minimum Gasteiger partial charge on any atom is -0.295 e. The Morgan fingerprint density at radius 3 is 1.62 bits per heavy atom. The van der Waals surface area contributed by atoms with Gasteiger partial charge in [0.2, 0.25) is 0 Å². The molecule has 110 valence electrons. The van der Waals surface area contributed by atoms with Gasteiger partial charge in [0.15, 0.2) is 11.6 Å². The van der Waals surface area contributed by atoms with E-state index < -0.39 is 0 Å². The Labute approximate surface area is 126 Å². The fraction of sp³-hybridized carbons (Fsp3) is 0.579. The molecular weight excluding hydrogens is 260 g/mol. The van der Waals surface area contributed by atoms with Gasteiger partial charge in [0.05, 0.1) is 0 Å². The van der Waals surface area contributed by atoms with Crippen molar-refractivity contribution in [1.82, 2.24) is 0 Å². The van der Waals surface area contributed by atoms with Gasteiger partial charge >= 0.3 is 0 Å². The van der Waals surface area contributed by atoms with Gasteiger partial charge in [-0.2, -0.15) is 0 Å². The van der Waals surface area contributed by atoms with E-state index in [1.807, 2.05) is 12.2 Å². The van der Waals surface area contributed by atoms with Crippen LogP contribution in [0.5, 0.6) is 0 Å². The maximum Gasteiger partial charge on any atom is 0.155 e. The van der Waals surface area contributed by atoms with Crippen molar-refractivity contribution in [3.63, 3.8) is 0 Å². The van der Waals surface area contributed by atoms with Crippen LogP contribution < -0.4 is 0 Å². The highest BCUT2D eigenvalue weighted by atomic mass is 16.1. The summed E-state index contributed by atoms with van der Waals surface area (Å²) in [5.41, 5.74) is 2.74. The Kier molecular flexibility index (Phi) is 3.20. The van der Waals surface area contributed by atoms with E-state index in [0.717, 1.165) is 25.7 Å². The molecule has 4 aliphatic rings. The maximum atomic E-state index is 11.8. The van der Waals surface area contributed by atoms with Crippen molar-refractivity contribution in [3.05, 3.63) is 35.5 Å². The standard InChI is InChI=1S/C19H22O2/c20-16-5-1-3-12(10-16)18-14-7-8-15(9-14)19(18)13-4-2-6-17(21)11-13/h7-8,10-11,14-15,18-19H,1-6,9H2/t14-,15+,18+,19-. The molecule has 0 radical (unpaired) electrons. The van der Waals surface area contributed by atoms with Crippen molar-refractivity contribution in [2.75, 3.05) is 0 Å². The number of hydrogen-bond donors (Lipinski definition) is 0. The van der Waals surface area contributed by atoms with Crippen molar-refractivity contribution in [2.45, 2.75) is 44.9 Å². The van der Waals surface area contributed by atoms with Crippen LogP contribution >= 0.6 is 0 Å². The van der Waals surface area contributed by atoms with Gasteiger partial charge in [0.1, 0.15) is 0 Å². The molecule has 21 heavy (non-hydrogen) atoms. The molecule has 0 amide bonds. The Hall–Kier alpha value is -1.44. The minimum absolute atomic E-state index is 0.301. The van der Waals surface area contributed by atoms with Crippen molar-refractivity contribution in [1.29, 1.82) is 0 Å². The van der Waals surface area contributed by atoms with Crippen molar-refractivity contribution >= 4 is 11.6 Å². The SMILES string of the molecule is O=C1C=C([C@@H]2[C@H](C3=CC(=O)CCC3)[C@H]3C=C[C@@H]2C3)CCC1. The molecule has 4 aliphatic carbocycles. The molecule has 0 aliphatic heterocycles. The van der Waals surface area contributed by atoms with Crippen LogP contribution in [-0.2, 0) is 9.59 Å². The quantitative estimate of drug-likeness (QED) is 0.722. The molecular formula is C19H22O2. The van der Waals surface area contributed by atoms with Gasteiger partial charge in [-0.15, -0.1) is 0 Å². The highest BCUT2D eigenvalue weighted by Gasteiger charge is 2.47. The summed E-state index contributed by atoms with van der Waals surface area (Å²) in [6.07, 6.45) is 15.4. The lowest BCUT2D eigenvalue weighted by molar-refractivity contribution is -0.116. The van der Waals surface area contributed by atoms with Crippen molar-refractivity contribution in [3.8, 4) is 0 Å². The van der Waals surface area contributed by atoms with Crippen molar-refractivity contribution in [2.24, 2.45) is 23.7 Å². The highest BCUT2D eigenvalue weighted by Crippen LogP contribution is 2.55. The van der Waals surface area contributed by atoms with Crippen LogP contribution in [0, 0.1) is 23.7 Å². The second-order valence-electron chi connectivity index (χ2n) is 7.08. The molecule has 1 fully saturated rings. The number of ketones is 2. The molecule has 0 spiro atoms. The molecule has 0 aromatic carbocycles. The number of rotatable bonds is 2. The summed E-state index contributed by atoms with van der Waals surface area (Å²) in [7, 11) is 0. The smallest absolute Gasteiger partial charge is 0.155 e. The summed E-state index contributed by atoms with van der Waals surface area (Å²) < 4.78 is 0. The molecule has 0 saturated heterocycles. The first-order chi connectivity index (χ1) is 10.2. The Balaban J connectivity index is 1.69. The van der Waals surface area contributed by atoms with Gasteiger partial charge in [-0.1, -0.05) is 23.3 Å². The molecule has 0 aromatic heterocycles. The van der Waals surface area contributed by atoms with Crippen LogP contribution in [0.25, 0.3) is 0 Å². The minimum atomic E-state index is 0.301. The van der Waals surface area contributed by atoms with Crippen LogP contribution in [-0.4, -0.2) is 11.6 Å². The molecule has 0 heterocycles. The van der Waals surface area contributed by atoms with E-state index in [4.69, 9.17) is 0 Å². The van der Waals surface area contributed by atoms with Gasteiger partial charge in [-0.3, -0.25) is 9.59 Å². The maximum absolute atomic E-state index is 11.8. The Bertz CT molecular complexity index is 528. The predicted molar refractivity (Wildman–Crippen MR) is 81.6 cm³/mol. The largest absolute Gasteiger partial charge is 0.295 e. The third kappa shape index (κ3) is 2.25. The third-order valence-electron chi connectivity index (χ3n) is 5.79. The lowest BCUT2D eigenvalue weighted by Gasteiger charge is -2.34. The second-order valence-corrected chi connectivity index (χ2v) is 7.08. The number of carbonyl (C=O) groups is 2. The Morgan fingerprint density at radius 2 is 1.19 bits per heavy atom. The van der Waals surface area contributed by atoms with E-state index in [-0.39, 0.29) is 0 Å². The van der Waals surface area contributed by atoms with Gasteiger partial charge in [0, 0.05) is 12.8 Å². The first kappa shape index (κ1) is 13.2. The molecule has 1 saturated carbocycles. The molecule has 0 unspecified atom stereocenters. The Morgan fingerprint density at radius 1 is 0.714 bits per heavy atom. The van der Waals surface area contributed by atoms with E-state index in [0.29, 0.717) is 48.1 Å². The molecule has 2 nitrogen and oxygen atoms in total. The van der Waals surface area contributed by atoms with E-state index >= 15 is 0 Å². The van der Waals surface area contributed by atoms with E-state index in [1.54, 1.807) is 0 Å². The zero-order valence-corrected chi connectivity index (χ0v) is 12.4. The fourth-order valence-electron chi connectivity index (χ4n) is 4.99. The monoisotopic (exact) mass is 282 g/mol. The topological polar surface area (TPSA) is 34.1 Å². The van der Waals surface area contributed by atoms with Gasteiger partial charge in [0.25, 0.3) is 0 Å². The summed E-state index contributed by atoms with van der Waals surface area (Å²) in [4.78, 5) is 23.6. The molecule has 0 aromatic rings. The van der Waals surface area contributed by atoms with E-state index in [9.17, 15) is 9.59 Å². The molecule has 2 bridgehead atoms. The number of carbonyl (C=O) groups excluding carboxylic acids is 2. The van der Waals surface area contributed by atoms with Crippen molar-refractivity contribution < 1.29 is 9.59 Å². The number of allylic oxidation sites excluding steroid dienone is 6. The van der Waals surface area contributed by atoms with Crippen LogP contribution in [0.2, 0.25) is 0 Å². The van der Waals surface area contributed by atoms with Gasteiger partial charge in [-0.05, 0) is 67.9 Å². The average molecular weight is 282 g/mol. The molecule has 2 heteroatoms. The first-order valence-corrected chi connectivity index (χ1v) is 8.37. The molecule has 0 N–H and O–H groups in total. The fourth-order valence-corrected chi connectivity index (χ4v) is 4.99. The van der Waals surface area contributed by atoms with Crippen LogP contribution in [0.3, 0.4) is 0 Å². The number of hydrogen-bond acceptors (Lipinski definition) is 2. The first-order valence-electron chi connectivity index (χ1n) is 8.37.